The number of thiophene rings is 1. The topological polar surface area (TPSA) is 61.8 Å². The molecular formula is C31H24F6O5S. The standard InChI is InChI=1S/C31H24F6O5S/c1-16(2)28(38)40-15-5-6-18-7-9-19(10-8-18)20-11-12-21-22-13-14-23(41-29(39)17(3)4)25(42-31(35,36)37)27(22)43-26(21)24(20)30(32,33)34/h7-14H,1,3,5-6,15H2,2,4H3. The molecule has 0 atom stereocenters. The van der Waals surface area contributed by atoms with E-state index in [0.717, 1.165) is 11.6 Å². The van der Waals surface area contributed by atoms with E-state index in [1.807, 2.05) is 0 Å². The molecule has 1 aromatic heterocycles. The van der Waals surface area contributed by atoms with Crippen molar-refractivity contribution in [1.29, 1.82) is 0 Å². The molecular weight excluding hydrogens is 598 g/mol. The molecule has 0 fully saturated rings. The number of hydrogen-bond acceptors (Lipinski definition) is 6. The first-order valence-electron chi connectivity index (χ1n) is 12.7. The summed E-state index contributed by atoms with van der Waals surface area (Å²) in [5.41, 5.74) is 0.0287. The molecule has 0 aliphatic carbocycles. The molecule has 12 heteroatoms. The second-order valence-corrected chi connectivity index (χ2v) is 10.7. The third-order valence-corrected chi connectivity index (χ3v) is 7.47. The summed E-state index contributed by atoms with van der Waals surface area (Å²) in [5.74, 6) is -3.06. The van der Waals surface area contributed by atoms with Crippen LogP contribution in [0.2, 0.25) is 0 Å². The molecule has 43 heavy (non-hydrogen) atoms. The smallest absolute Gasteiger partial charge is 0.462 e. The van der Waals surface area contributed by atoms with Gasteiger partial charge in [0, 0.05) is 26.6 Å². The minimum Gasteiger partial charge on any atom is -0.462 e. The second kappa shape index (κ2) is 12.1. The Morgan fingerprint density at radius 3 is 2.00 bits per heavy atom. The van der Waals surface area contributed by atoms with Gasteiger partial charge in [0.2, 0.25) is 0 Å². The van der Waals surface area contributed by atoms with Crippen LogP contribution in [0.25, 0.3) is 31.3 Å². The molecule has 0 bridgehead atoms. The molecule has 0 saturated heterocycles. The number of benzene rings is 3. The molecule has 0 saturated carbocycles. The minimum absolute atomic E-state index is 0.0572. The number of halogens is 6. The van der Waals surface area contributed by atoms with E-state index in [2.05, 4.69) is 17.9 Å². The summed E-state index contributed by atoms with van der Waals surface area (Å²) in [5, 5.41) is 0.121. The van der Waals surface area contributed by atoms with Crippen molar-refractivity contribution in [2.75, 3.05) is 6.61 Å². The minimum atomic E-state index is -5.22. The number of hydrogen-bond donors (Lipinski definition) is 0. The summed E-state index contributed by atoms with van der Waals surface area (Å²) in [6, 6.07) is 11.3. The maximum Gasteiger partial charge on any atom is 0.573 e. The van der Waals surface area contributed by atoms with Gasteiger partial charge >= 0.3 is 24.5 Å². The summed E-state index contributed by atoms with van der Waals surface area (Å²) in [4.78, 5) is 23.5. The second-order valence-electron chi connectivity index (χ2n) is 9.67. The zero-order valence-corrected chi connectivity index (χ0v) is 23.7. The van der Waals surface area contributed by atoms with Gasteiger partial charge in [0.1, 0.15) is 0 Å². The van der Waals surface area contributed by atoms with Crippen LogP contribution < -0.4 is 9.47 Å². The molecule has 4 rings (SSSR count). The van der Waals surface area contributed by atoms with Gasteiger partial charge in [-0.3, -0.25) is 0 Å². The lowest BCUT2D eigenvalue weighted by molar-refractivity contribution is -0.274. The maximum atomic E-state index is 14.6. The lowest BCUT2D eigenvalue weighted by Crippen LogP contribution is -2.18. The third-order valence-electron chi connectivity index (χ3n) is 6.24. The van der Waals surface area contributed by atoms with Crippen LogP contribution in [0.5, 0.6) is 11.5 Å². The van der Waals surface area contributed by atoms with E-state index in [1.165, 1.54) is 44.2 Å². The highest BCUT2D eigenvalue weighted by Gasteiger charge is 2.38. The highest BCUT2D eigenvalue weighted by molar-refractivity contribution is 7.26. The lowest BCUT2D eigenvalue weighted by Gasteiger charge is -2.15. The monoisotopic (exact) mass is 622 g/mol. The number of aryl methyl sites for hydroxylation is 1. The fraction of sp³-hybridized carbons (Fsp3) is 0.226. The van der Waals surface area contributed by atoms with Crippen LogP contribution in [0.4, 0.5) is 26.3 Å². The van der Waals surface area contributed by atoms with Gasteiger partial charge in [0.05, 0.1) is 16.9 Å². The van der Waals surface area contributed by atoms with Gasteiger partial charge in [0.25, 0.3) is 0 Å². The highest BCUT2D eigenvalue weighted by Crippen LogP contribution is 2.51. The van der Waals surface area contributed by atoms with Gasteiger partial charge < -0.3 is 14.2 Å². The van der Waals surface area contributed by atoms with Crippen molar-refractivity contribution in [1.82, 2.24) is 0 Å². The summed E-state index contributed by atoms with van der Waals surface area (Å²) < 4.78 is 97.5. The number of fused-ring (bicyclic) bond motifs is 3. The Hall–Kier alpha value is -4.32. The molecule has 0 aliphatic heterocycles. The number of carbonyl (C=O) groups is 2. The molecule has 0 N–H and O–H groups in total. The van der Waals surface area contributed by atoms with Gasteiger partial charge in [-0.15, -0.1) is 24.5 Å². The normalized spacial score (nSPS) is 11.9. The largest absolute Gasteiger partial charge is 0.573 e. The number of esters is 2. The molecule has 4 aromatic rings. The fourth-order valence-corrected chi connectivity index (χ4v) is 5.62. The SMILES string of the molecule is C=C(C)C(=O)OCCCc1ccc(-c2ccc3c(sc4c(OC(F)(F)F)c(OC(=O)C(=C)C)ccc43)c2C(F)(F)F)cc1. The van der Waals surface area contributed by atoms with Crippen LogP contribution in [0, 0.1) is 0 Å². The molecule has 5 nitrogen and oxygen atoms in total. The zero-order chi connectivity index (χ0) is 31.7. The van der Waals surface area contributed by atoms with Crippen LogP contribution in [-0.4, -0.2) is 24.9 Å². The summed E-state index contributed by atoms with van der Waals surface area (Å²) in [7, 11) is 0. The van der Waals surface area contributed by atoms with E-state index >= 15 is 0 Å². The zero-order valence-electron chi connectivity index (χ0n) is 22.9. The summed E-state index contributed by atoms with van der Waals surface area (Å²) in [6.45, 7) is 9.85. The number of carbonyl (C=O) groups excluding carboxylic acids is 2. The molecule has 1 heterocycles. The molecule has 0 amide bonds. The lowest BCUT2D eigenvalue weighted by atomic mass is 9.95. The van der Waals surface area contributed by atoms with Gasteiger partial charge in [-0.1, -0.05) is 49.6 Å². The van der Waals surface area contributed by atoms with Crippen molar-refractivity contribution in [2.45, 2.75) is 39.2 Å². The third kappa shape index (κ3) is 7.19. The van der Waals surface area contributed by atoms with E-state index in [0.29, 0.717) is 24.2 Å². The van der Waals surface area contributed by atoms with E-state index in [4.69, 9.17) is 9.47 Å². The molecule has 0 aliphatic rings. The van der Waals surface area contributed by atoms with E-state index < -0.39 is 41.5 Å². The van der Waals surface area contributed by atoms with Crippen LogP contribution in [0.1, 0.15) is 31.4 Å². The molecule has 226 valence electrons. The van der Waals surface area contributed by atoms with Crippen molar-refractivity contribution >= 4 is 43.4 Å². The Morgan fingerprint density at radius 2 is 1.42 bits per heavy atom. The van der Waals surface area contributed by atoms with Crippen molar-refractivity contribution in [3.05, 3.63) is 84.0 Å². The van der Waals surface area contributed by atoms with Crippen LogP contribution >= 0.6 is 11.3 Å². The first-order valence-corrected chi connectivity index (χ1v) is 13.5. The molecule has 0 radical (unpaired) electrons. The van der Waals surface area contributed by atoms with Gasteiger partial charge in [-0.05, 0) is 55.5 Å². The average Bonchev–Trinajstić information content (AvgIpc) is 3.29. The predicted molar refractivity (Wildman–Crippen MR) is 151 cm³/mol. The molecule has 0 unspecified atom stereocenters. The van der Waals surface area contributed by atoms with E-state index in [-0.39, 0.29) is 49.1 Å². The van der Waals surface area contributed by atoms with Crippen LogP contribution in [-0.2, 0) is 26.9 Å². The Labute approximate surface area is 246 Å². The van der Waals surface area contributed by atoms with Gasteiger partial charge in [-0.2, -0.15) is 13.2 Å². The van der Waals surface area contributed by atoms with Gasteiger partial charge in [0.15, 0.2) is 11.5 Å². The van der Waals surface area contributed by atoms with Crippen LogP contribution in [0.15, 0.2) is 72.8 Å². The highest BCUT2D eigenvalue weighted by atomic mass is 32.1. The van der Waals surface area contributed by atoms with E-state index in [9.17, 15) is 35.9 Å². The summed E-state index contributed by atoms with van der Waals surface area (Å²) in [6.07, 6.45) is -9.10. The van der Waals surface area contributed by atoms with Crippen molar-refractivity contribution in [2.24, 2.45) is 0 Å². The number of ether oxygens (including phenoxy) is 3. The molecule has 0 spiro atoms. The van der Waals surface area contributed by atoms with Crippen molar-refractivity contribution < 1.29 is 50.1 Å². The first-order chi connectivity index (χ1) is 20.1. The fourth-order valence-electron chi connectivity index (χ4n) is 4.28. The molecule has 3 aromatic carbocycles. The Balaban J connectivity index is 1.78. The van der Waals surface area contributed by atoms with Crippen molar-refractivity contribution in [3.63, 3.8) is 0 Å². The number of rotatable bonds is 9. The van der Waals surface area contributed by atoms with Gasteiger partial charge in [-0.25, -0.2) is 9.59 Å². The average molecular weight is 623 g/mol. The maximum absolute atomic E-state index is 14.6. The first kappa shape index (κ1) is 31.6. The van der Waals surface area contributed by atoms with Crippen molar-refractivity contribution in [3.8, 4) is 22.6 Å². The Morgan fingerprint density at radius 1 is 0.814 bits per heavy atom. The Bertz CT molecular complexity index is 1730. The number of alkyl halides is 6. The predicted octanol–water partition coefficient (Wildman–Crippen LogP) is 9.17. The Kier molecular flexibility index (Phi) is 8.91. The quantitative estimate of drug-likeness (QED) is 0.0613. The van der Waals surface area contributed by atoms with E-state index in [1.54, 1.807) is 12.1 Å². The van der Waals surface area contributed by atoms with Crippen LogP contribution in [0.3, 0.4) is 0 Å². The summed E-state index contributed by atoms with van der Waals surface area (Å²) >= 11 is 0.456.